The Morgan fingerprint density at radius 2 is 1.83 bits per heavy atom. The smallest absolute Gasteiger partial charge is 0.272 e. The molecular weight excluding hydrogens is 292 g/mol. The van der Waals surface area contributed by atoms with Gasteiger partial charge in [0.1, 0.15) is 11.4 Å². The van der Waals surface area contributed by atoms with Gasteiger partial charge in [-0.3, -0.25) is 9.59 Å². The van der Waals surface area contributed by atoms with Crippen molar-refractivity contribution < 1.29 is 9.59 Å². The van der Waals surface area contributed by atoms with Crippen LogP contribution in [0, 0.1) is 0 Å². The molecule has 1 aliphatic heterocycles. The molecule has 126 valence electrons. The highest BCUT2D eigenvalue weighted by Crippen LogP contribution is 2.08. The Balaban J connectivity index is 2.04. The zero-order valence-electron chi connectivity index (χ0n) is 14.2. The minimum atomic E-state index is -0.232. The number of pyridine rings is 1. The molecule has 23 heavy (non-hydrogen) atoms. The highest BCUT2D eigenvalue weighted by Gasteiger charge is 2.23. The number of carbonyl (C=O) groups is 2. The molecule has 1 aromatic heterocycles. The molecule has 1 fully saturated rings. The summed E-state index contributed by atoms with van der Waals surface area (Å²) in [5, 5.41) is 2.87. The van der Waals surface area contributed by atoms with Gasteiger partial charge < -0.3 is 15.1 Å². The lowest BCUT2D eigenvalue weighted by Gasteiger charge is -2.33. The van der Waals surface area contributed by atoms with Crippen LogP contribution in [0.4, 0.5) is 0 Å². The molecule has 1 N–H and O–H groups in total. The number of amides is 2. The summed E-state index contributed by atoms with van der Waals surface area (Å²) in [6, 6.07) is 5.12. The van der Waals surface area contributed by atoms with Crippen molar-refractivity contribution in [2.45, 2.75) is 33.2 Å². The van der Waals surface area contributed by atoms with E-state index in [0.717, 1.165) is 26.1 Å². The Morgan fingerprint density at radius 1 is 1.17 bits per heavy atom. The summed E-state index contributed by atoms with van der Waals surface area (Å²) in [4.78, 5) is 33.1. The zero-order valence-corrected chi connectivity index (χ0v) is 14.2. The molecule has 1 aliphatic rings. The van der Waals surface area contributed by atoms with Crippen LogP contribution < -0.4 is 5.32 Å². The number of hydrogen-bond donors (Lipinski definition) is 1. The van der Waals surface area contributed by atoms with Gasteiger partial charge >= 0.3 is 0 Å². The number of carbonyl (C=O) groups excluding carboxylic acids is 2. The topological polar surface area (TPSA) is 65.5 Å². The van der Waals surface area contributed by atoms with E-state index in [4.69, 9.17) is 0 Å². The highest BCUT2D eigenvalue weighted by molar-refractivity contribution is 5.96. The van der Waals surface area contributed by atoms with Gasteiger partial charge in [0.15, 0.2) is 0 Å². The predicted molar refractivity (Wildman–Crippen MR) is 89.5 cm³/mol. The van der Waals surface area contributed by atoms with Crippen molar-refractivity contribution in [2.75, 3.05) is 32.7 Å². The Labute approximate surface area is 137 Å². The van der Waals surface area contributed by atoms with Crippen molar-refractivity contribution in [1.29, 1.82) is 0 Å². The van der Waals surface area contributed by atoms with Crippen molar-refractivity contribution in [3.05, 3.63) is 29.6 Å². The number of rotatable bonds is 5. The van der Waals surface area contributed by atoms with Gasteiger partial charge in [-0.1, -0.05) is 19.9 Å². The van der Waals surface area contributed by atoms with Crippen molar-refractivity contribution in [2.24, 2.45) is 0 Å². The van der Waals surface area contributed by atoms with Crippen LogP contribution in [0.5, 0.6) is 0 Å². The summed E-state index contributed by atoms with van der Waals surface area (Å²) in [7, 11) is 0. The molecule has 0 aliphatic carbocycles. The molecule has 1 unspecified atom stereocenters. The molecular formula is C17H26N4O2. The molecule has 1 aromatic rings. The molecule has 2 rings (SSSR count). The van der Waals surface area contributed by atoms with Gasteiger partial charge in [-0.05, 0) is 32.0 Å². The molecule has 0 spiro atoms. The molecule has 2 heterocycles. The van der Waals surface area contributed by atoms with Crippen LogP contribution in [0.3, 0.4) is 0 Å². The van der Waals surface area contributed by atoms with Crippen LogP contribution >= 0.6 is 0 Å². The minimum absolute atomic E-state index is 0.0887. The molecule has 6 heteroatoms. The van der Waals surface area contributed by atoms with Gasteiger partial charge in [0, 0.05) is 32.2 Å². The van der Waals surface area contributed by atoms with E-state index in [9.17, 15) is 9.59 Å². The first-order valence-electron chi connectivity index (χ1n) is 8.34. The third kappa shape index (κ3) is 4.51. The lowest BCUT2D eigenvalue weighted by atomic mass is 10.2. The van der Waals surface area contributed by atoms with Gasteiger partial charge in [-0.25, -0.2) is 4.98 Å². The summed E-state index contributed by atoms with van der Waals surface area (Å²) < 4.78 is 0. The average molecular weight is 318 g/mol. The van der Waals surface area contributed by atoms with E-state index in [-0.39, 0.29) is 17.9 Å². The Kier molecular flexibility index (Phi) is 6.10. The van der Waals surface area contributed by atoms with E-state index < -0.39 is 0 Å². The zero-order chi connectivity index (χ0) is 16.8. The molecule has 6 nitrogen and oxygen atoms in total. The molecule has 2 amide bonds. The number of nitrogens with one attached hydrogen (secondary N) is 1. The summed E-state index contributed by atoms with van der Waals surface area (Å²) >= 11 is 0. The predicted octanol–water partition coefficient (Wildman–Crippen LogP) is 1.39. The van der Waals surface area contributed by atoms with E-state index in [1.807, 2.05) is 18.7 Å². The number of nitrogens with zero attached hydrogens (tertiary/aromatic N) is 3. The molecule has 0 aromatic carbocycles. The molecule has 0 radical (unpaired) electrons. The van der Waals surface area contributed by atoms with Crippen LogP contribution in [0.15, 0.2) is 18.2 Å². The van der Waals surface area contributed by atoms with Crippen molar-refractivity contribution in [3.63, 3.8) is 0 Å². The Bertz CT molecular complexity index is 553. The Hall–Kier alpha value is -1.95. The minimum Gasteiger partial charge on any atom is -0.348 e. The SMILES string of the molecule is CCC(C)NC(=O)c1cccc(C(=O)N2CCN(CC)CC2)n1. The second-order valence-corrected chi connectivity index (χ2v) is 5.92. The fraction of sp³-hybridized carbons (Fsp3) is 0.588. The van der Waals surface area contributed by atoms with Gasteiger partial charge in [0.05, 0.1) is 0 Å². The number of likely N-dealkylation sites (N-methyl/N-ethyl adjacent to an activating group) is 1. The number of aromatic nitrogens is 1. The second kappa shape index (κ2) is 8.06. The van der Waals surface area contributed by atoms with Crippen LogP contribution in [-0.2, 0) is 0 Å². The van der Waals surface area contributed by atoms with Gasteiger partial charge in [0.25, 0.3) is 11.8 Å². The maximum atomic E-state index is 12.6. The van der Waals surface area contributed by atoms with Crippen LogP contribution in [0.1, 0.15) is 48.2 Å². The highest BCUT2D eigenvalue weighted by atomic mass is 16.2. The van der Waals surface area contributed by atoms with E-state index >= 15 is 0 Å². The van der Waals surface area contributed by atoms with Crippen LogP contribution in [-0.4, -0.2) is 65.4 Å². The first-order chi connectivity index (χ1) is 11.0. The maximum absolute atomic E-state index is 12.6. The quantitative estimate of drug-likeness (QED) is 0.891. The normalized spacial score (nSPS) is 16.9. The summed E-state index contributed by atoms with van der Waals surface area (Å²) in [5.41, 5.74) is 0.634. The molecule has 0 saturated carbocycles. The molecule has 1 atom stereocenters. The molecule has 0 bridgehead atoms. The Morgan fingerprint density at radius 3 is 2.43 bits per heavy atom. The van der Waals surface area contributed by atoms with Crippen molar-refractivity contribution in [3.8, 4) is 0 Å². The molecule has 1 saturated heterocycles. The van der Waals surface area contributed by atoms with E-state index in [0.29, 0.717) is 24.5 Å². The third-order valence-corrected chi connectivity index (χ3v) is 4.30. The van der Waals surface area contributed by atoms with Crippen LogP contribution in [0.25, 0.3) is 0 Å². The monoisotopic (exact) mass is 318 g/mol. The lowest BCUT2D eigenvalue weighted by molar-refractivity contribution is 0.0637. The largest absolute Gasteiger partial charge is 0.348 e. The van der Waals surface area contributed by atoms with Gasteiger partial charge in [-0.2, -0.15) is 0 Å². The maximum Gasteiger partial charge on any atom is 0.272 e. The van der Waals surface area contributed by atoms with Crippen molar-refractivity contribution >= 4 is 11.8 Å². The fourth-order valence-corrected chi connectivity index (χ4v) is 2.51. The standard InChI is InChI=1S/C17H26N4O2/c1-4-13(3)18-16(22)14-7-6-8-15(19-14)17(23)21-11-9-20(5-2)10-12-21/h6-8,13H,4-5,9-12H2,1-3H3,(H,18,22). The van der Waals surface area contributed by atoms with Gasteiger partial charge in [0.2, 0.25) is 0 Å². The fourth-order valence-electron chi connectivity index (χ4n) is 2.51. The second-order valence-electron chi connectivity index (χ2n) is 5.92. The first-order valence-corrected chi connectivity index (χ1v) is 8.34. The van der Waals surface area contributed by atoms with Crippen LogP contribution in [0.2, 0.25) is 0 Å². The summed E-state index contributed by atoms with van der Waals surface area (Å²) in [5.74, 6) is -0.330. The third-order valence-electron chi connectivity index (χ3n) is 4.30. The van der Waals surface area contributed by atoms with Crippen molar-refractivity contribution in [1.82, 2.24) is 20.1 Å². The summed E-state index contributed by atoms with van der Waals surface area (Å²) in [6.45, 7) is 10.3. The summed E-state index contributed by atoms with van der Waals surface area (Å²) in [6.07, 6.45) is 0.853. The number of piperazine rings is 1. The van der Waals surface area contributed by atoms with E-state index in [1.54, 1.807) is 18.2 Å². The number of hydrogen-bond acceptors (Lipinski definition) is 4. The lowest BCUT2D eigenvalue weighted by Crippen LogP contribution is -2.48. The first kappa shape index (κ1) is 17.4. The average Bonchev–Trinajstić information content (AvgIpc) is 2.61. The van der Waals surface area contributed by atoms with E-state index in [2.05, 4.69) is 22.1 Å². The van der Waals surface area contributed by atoms with Gasteiger partial charge in [-0.15, -0.1) is 0 Å². The van der Waals surface area contributed by atoms with E-state index in [1.165, 1.54) is 0 Å².